The molecule has 0 saturated carbocycles. The summed E-state index contributed by atoms with van der Waals surface area (Å²) in [6.45, 7) is 0.253. The second-order valence-corrected chi connectivity index (χ2v) is 8.44. The van der Waals surface area contributed by atoms with Crippen LogP contribution in [0, 0.1) is 5.82 Å². The molecule has 0 radical (unpaired) electrons. The third-order valence-corrected chi connectivity index (χ3v) is 5.41. The summed E-state index contributed by atoms with van der Waals surface area (Å²) in [4.78, 5) is 36.9. The van der Waals surface area contributed by atoms with Gasteiger partial charge in [-0.2, -0.15) is 0 Å². The maximum atomic E-state index is 14.3. The lowest BCUT2D eigenvalue weighted by atomic mass is 10.1. The van der Waals surface area contributed by atoms with Gasteiger partial charge in [-0.3, -0.25) is 14.6 Å². The van der Waals surface area contributed by atoms with Gasteiger partial charge in [-0.25, -0.2) is 9.37 Å². The highest BCUT2D eigenvalue weighted by atomic mass is 19.1. The molecule has 2 amide bonds. The predicted octanol–water partition coefficient (Wildman–Crippen LogP) is 2.46. The van der Waals surface area contributed by atoms with Gasteiger partial charge < -0.3 is 26.0 Å². The van der Waals surface area contributed by atoms with Crippen LogP contribution in [0.4, 0.5) is 21.6 Å². The lowest BCUT2D eigenvalue weighted by Gasteiger charge is -2.13. The standard InChI is InChI=1S/C25H26FN7O3/c1-33(2)13-21(34)29-15-7-8-19(36-3)14(11-15)12-20-31-24-16(9-10-28-24)25(32-20)30-18-6-4-5-17(26)22(18)23(27)35/h4-11H,12-13H2,1-3H3,(H2,27,35)(H,29,34)(H2,28,30,31,32)/p+1. The maximum absolute atomic E-state index is 14.3. The fourth-order valence-corrected chi connectivity index (χ4v) is 3.89. The molecule has 0 saturated heterocycles. The highest BCUT2D eigenvalue weighted by Gasteiger charge is 2.20. The summed E-state index contributed by atoms with van der Waals surface area (Å²) in [5.41, 5.74) is 7.44. The van der Waals surface area contributed by atoms with E-state index in [0.717, 1.165) is 5.56 Å². The number of halogens is 1. The zero-order chi connectivity index (χ0) is 25.8. The summed E-state index contributed by atoms with van der Waals surface area (Å²) in [6.07, 6.45) is 2.07. The van der Waals surface area contributed by atoms with E-state index < -0.39 is 11.7 Å². The van der Waals surface area contributed by atoms with Crippen molar-refractivity contribution in [3.63, 3.8) is 0 Å². The van der Waals surface area contributed by atoms with Crippen molar-refractivity contribution in [1.29, 1.82) is 0 Å². The van der Waals surface area contributed by atoms with Crippen LogP contribution in [0.3, 0.4) is 0 Å². The minimum Gasteiger partial charge on any atom is -0.496 e. The Morgan fingerprint density at radius 3 is 2.75 bits per heavy atom. The van der Waals surface area contributed by atoms with E-state index in [0.29, 0.717) is 40.5 Å². The molecule has 0 aliphatic carbocycles. The molecule has 10 nitrogen and oxygen atoms in total. The van der Waals surface area contributed by atoms with E-state index in [9.17, 15) is 14.0 Å². The van der Waals surface area contributed by atoms with Crippen LogP contribution < -0.4 is 26.1 Å². The SMILES string of the molecule is COc1ccc(NC(=O)CN(C)C)cc1Cc1nc(Nc2cccc(F)c2C(N)=O)c2cc[nH]c2[nH+]1. The molecule has 36 heavy (non-hydrogen) atoms. The number of hydrogen-bond donors (Lipinski definition) is 4. The fourth-order valence-electron chi connectivity index (χ4n) is 3.89. The summed E-state index contributed by atoms with van der Waals surface area (Å²) in [6, 6.07) is 11.4. The van der Waals surface area contributed by atoms with Crippen molar-refractivity contribution in [3.8, 4) is 5.75 Å². The van der Waals surface area contributed by atoms with Gasteiger partial charge in [-0.1, -0.05) is 11.1 Å². The van der Waals surface area contributed by atoms with E-state index in [4.69, 9.17) is 10.5 Å². The van der Waals surface area contributed by atoms with Crippen molar-refractivity contribution in [2.45, 2.75) is 6.42 Å². The Morgan fingerprint density at radius 1 is 1.22 bits per heavy atom. The van der Waals surface area contributed by atoms with E-state index in [1.54, 1.807) is 42.5 Å². The summed E-state index contributed by atoms with van der Waals surface area (Å²) in [7, 11) is 5.20. The van der Waals surface area contributed by atoms with E-state index >= 15 is 0 Å². The molecule has 0 unspecified atom stereocenters. The van der Waals surface area contributed by atoms with Crippen molar-refractivity contribution < 1.29 is 23.7 Å². The highest BCUT2D eigenvalue weighted by Crippen LogP contribution is 2.28. The Hall–Kier alpha value is -4.51. The molecule has 0 atom stereocenters. The van der Waals surface area contributed by atoms with Gasteiger partial charge in [0.1, 0.15) is 17.0 Å². The second-order valence-electron chi connectivity index (χ2n) is 8.44. The first-order chi connectivity index (χ1) is 17.2. The lowest BCUT2D eigenvalue weighted by Crippen LogP contribution is -2.27. The number of nitrogens with two attached hydrogens (primary N) is 1. The van der Waals surface area contributed by atoms with E-state index in [2.05, 4.69) is 25.6 Å². The van der Waals surface area contributed by atoms with Gasteiger partial charge in [0, 0.05) is 11.3 Å². The number of hydrogen-bond acceptors (Lipinski definition) is 6. The number of ether oxygens (including phenoxy) is 1. The molecule has 186 valence electrons. The van der Waals surface area contributed by atoms with Crippen molar-refractivity contribution >= 4 is 40.0 Å². The number of likely N-dealkylation sites (N-methyl/N-ethyl adjacent to an activating group) is 1. The number of aromatic amines is 2. The first kappa shape index (κ1) is 24.6. The molecule has 0 bridgehead atoms. The number of nitrogens with zero attached hydrogens (tertiary/aromatic N) is 2. The minimum atomic E-state index is -0.888. The number of amides is 2. The predicted molar refractivity (Wildman–Crippen MR) is 134 cm³/mol. The van der Waals surface area contributed by atoms with E-state index in [1.165, 1.54) is 12.1 Å². The average Bonchev–Trinajstić information content (AvgIpc) is 3.27. The summed E-state index contributed by atoms with van der Waals surface area (Å²) >= 11 is 0. The molecule has 4 rings (SSSR count). The quantitative estimate of drug-likeness (QED) is 0.283. The number of primary amides is 1. The van der Waals surface area contributed by atoms with Crippen LogP contribution in [0.15, 0.2) is 48.7 Å². The zero-order valence-electron chi connectivity index (χ0n) is 20.1. The van der Waals surface area contributed by atoms with Crippen molar-refractivity contribution in [2.75, 3.05) is 38.4 Å². The fraction of sp³-hybridized carbons (Fsp3) is 0.200. The number of anilines is 3. The number of aromatic nitrogens is 3. The summed E-state index contributed by atoms with van der Waals surface area (Å²) in [5, 5.41) is 6.63. The van der Waals surface area contributed by atoms with Crippen LogP contribution >= 0.6 is 0 Å². The maximum Gasteiger partial charge on any atom is 0.253 e. The Morgan fingerprint density at radius 2 is 2.03 bits per heavy atom. The van der Waals surface area contributed by atoms with Crippen LogP contribution in [-0.2, 0) is 11.2 Å². The molecular formula is C25H27FN7O3+. The molecule has 11 heteroatoms. The van der Waals surface area contributed by atoms with E-state index in [-0.39, 0.29) is 23.7 Å². The Balaban J connectivity index is 1.69. The monoisotopic (exact) mass is 492 g/mol. The Labute approximate surface area is 206 Å². The Kier molecular flexibility index (Phi) is 7.11. The van der Waals surface area contributed by atoms with Crippen LogP contribution in [0.2, 0.25) is 0 Å². The number of H-pyrrole nitrogens is 2. The largest absolute Gasteiger partial charge is 0.496 e. The van der Waals surface area contributed by atoms with Crippen LogP contribution in [-0.4, -0.2) is 54.4 Å². The van der Waals surface area contributed by atoms with Gasteiger partial charge in [-0.05, 0) is 50.5 Å². The molecule has 2 aromatic carbocycles. The average molecular weight is 493 g/mol. The smallest absolute Gasteiger partial charge is 0.253 e. The van der Waals surface area contributed by atoms with Gasteiger partial charge in [0.15, 0.2) is 0 Å². The first-order valence-corrected chi connectivity index (χ1v) is 11.1. The Bertz CT molecular complexity index is 1430. The third kappa shape index (κ3) is 5.41. The van der Waals surface area contributed by atoms with E-state index in [1.807, 2.05) is 20.2 Å². The van der Waals surface area contributed by atoms with Crippen LogP contribution in [0.5, 0.6) is 5.75 Å². The highest BCUT2D eigenvalue weighted by molar-refractivity contribution is 6.00. The van der Waals surface area contributed by atoms with Gasteiger partial charge >= 0.3 is 0 Å². The van der Waals surface area contributed by atoms with Gasteiger partial charge in [0.05, 0.1) is 37.5 Å². The normalized spacial score (nSPS) is 11.0. The van der Waals surface area contributed by atoms with Crippen LogP contribution in [0.25, 0.3) is 11.0 Å². The molecule has 0 aliphatic rings. The number of carbonyl (C=O) groups excluding carboxylic acids is 2. The molecular weight excluding hydrogens is 465 g/mol. The van der Waals surface area contributed by atoms with Crippen molar-refractivity contribution in [1.82, 2.24) is 14.9 Å². The van der Waals surface area contributed by atoms with Gasteiger partial charge in [0.2, 0.25) is 23.2 Å². The van der Waals surface area contributed by atoms with Crippen molar-refractivity contribution in [2.24, 2.45) is 5.73 Å². The molecule has 2 heterocycles. The third-order valence-electron chi connectivity index (χ3n) is 5.41. The summed E-state index contributed by atoms with van der Waals surface area (Å²) in [5.74, 6) is -0.166. The zero-order valence-corrected chi connectivity index (χ0v) is 20.1. The van der Waals surface area contributed by atoms with Crippen molar-refractivity contribution in [3.05, 3.63) is 71.4 Å². The lowest BCUT2D eigenvalue weighted by molar-refractivity contribution is -0.364. The number of carbonyl (C=O) groups is 2. The number of fused-ring (bicyclic) bond motifs is 1. The minimum absolute atomic E-state index is 0.138. The molecule has 6 N–H and O–H groups in total. The molecule has 0 fully saturated rings. The van der Waals surface area contributed by atoms with Crippen LogP contribution in [0.1, 0.15) is 21.7 Å². The topological polar surface area (TPSA) is 140 Å². The molecule has 2 aromatic heterocycles. The number of rotatable bonds is 9. The first-order valence-electron chi connectivity index (χ1n) is 11.1. The number of methoxy groups -OCH3 is 1. The second kappa shape index (κ2) is 10.4. The summed E-state index contributed by atoms with van der Waals surface area (Å²) < 4.78 is 19.8. The van der Waals surface area contributed by atoms with Gasteiger partial charge in [-0.15, -0.1) is 0 Å². The number of nitrogens with one attached hydrogen (secondary N) is 4. The molecule has 0 spiro atoms. The van der Waals surface area contributed by atoms with Gasteiger partial charge in [0.25, 0.3) is 5.91 Å². The number of benzene rings is 2. The molecule has 4 aromatic rings. The molecule has 0 aliphatic heterocycles.